The number of hydrogen-bond donors (Lipinski definition) is 0. The number of hydrogen-bond acceptors (Lipinski definition) is 7. The van der Waals surface area contributed by atoms with E-state index in [2.05, 4.69) is 25.9 Å². The number of alkyl halides is 1. The third-order valence-electron chi connectivity index (χ3n) is 4.94. The highest BCUT2D eigenvalue weighted by Crippen LogP contribution is 2.17. The number of halogens is 3. The standard InChI is InChI=1S/C14H14BrFN2O3.C10H6BFN2O2/c1-14(2,3)21-13(20)18-7-17-11-5-10(16)8(6-15)4-9(11)12(18)19;1-5-2-6-8(3-7(5)12)13-4-14(9(6)15)10(11)16/h4-5,7H,6H2,1-3H3;2-4H,1H3. The summed E-state index contributed by atoms with van der Waals surface area (Å²) in [7, 11) is 4.98. The number of aryl methyl sites for hydroxylation is 1. The first-order valence-electron chi connectivity index (χ1n) is 10.7. The number of rotatable bonds is 1. The number of benzene rings is 2. The molecule has 0 aliphatic carbocycles. The van der Waals surface area contributed by atoms with Gasteiger partial charge in [0.25, 0.3) is 11.1 Å². The van der Waals surface area contributed by atoms with Gasteiger partial charge in [0.15, 0.2) is 5.81 Å². The molecule has 190 valence electrons. The summed E-state index contributed by atoms with van der Waals surface area (Å²) in [4.78, 5) is 54.6. The molecule has 0 fully saturated rings. The Morgan fingerprint density at radius 2 is 1.46 bits per heavy atom. The van der Waals surface area contributed by atoms with E-state index in [4.69, 9.17) is 12.6 Å². The van der Waals surface area contributed by atoms with E-state index in [0.717, 1.165) is 23.3 Å². The summed E-state index contributed by atoms with van der Waals surface area (Å²) >= 11 is 3.14. The molecular formula is C24H20BBrF2N4O5. The molecule has 2 heterocycles. The molecule has 0 aliphatic rings. The summed E-state index contributed by atoms with van der Waals surface area (Å²) in [6, 6.07) is 5.05. The van der Waals surface area contributed by atoms with Gasteiger partial charge in [-0.1, -0.05) is 15.9 Å². The number of carbonyl (C=O) groups is 2. The smallest absolute Gasteiger partial charge is 0.422 e. The Balaban J connectivity index is 0.000000213. The van der Waals surface area contributed by atoms with Gasteiger partial charge in [0.1, 0.15) is 29.9 Å². The van der Waals surface area contributed by atoms with Crippen LogP contribution in [0.1, 0.15) is 31.9 Å². The van der Waals surface area contributed by atoms with Gasteiger partial charge in [0, 0.05) is 17.5 Å². The predicted octanol–water partition coefficient (Wildman–Crippen LogP) is 4.19. The Bertz CT molecular complexity index is 1660. The average Bonchev–Trinajstić information content (AvgIpc) is 2.79. The molecule has 0 spiro atoms. The van der Waals surface area contributed by atoms with Crippen molar-refractivity contribution in [1.82, 2.24) is 19.1 Å². The van der Waals surface area contributed by atoms with Crippen LogP contribution in [0.2, 0.25) is 0 Å². The van der Waals surface area contributed by atoms with Crippen molar-refractivity contribution in [3.05, 3.63) is 80.4 Å². The van der Waals surface area contributed by atoms with Crippen LogP contribution in [0.4, 0.5) is 18.4 Å². The Kier molecular flexibility index (Phi) is 8.06. The zero-order valence-corrected chi connectivity index (χ0v) is 21.8. The first-order valence-corrected chi connectivity index (χ1v) is 11.8. The molecule has 13 heteroatoms. The van der Waals surface area contributed by atoms with Gasteiger partial charge >= 0.3 is 6.09 Å². The summed E-state index contributed by atoms with van der Waals surface area (Å²) in [6.45, 7) is 6.62. The van der Waals surface area contributed by atoms with Crippen molar-refractivity contribution < 1.29 is 23.1 Å². The topological polar surface area (TPSA) is 113 Å². The first-order chi connectivity index (χ1) is 17.2. The number of nitrogens with zero attached hydrogens (tertiary/aromatic N) is 4. The molecule has 0 aliphatic heterocycles. The van der Waals surface area contributed by atoms with Gasteiger partial charge in [0.05, 0.1) is 21.8 Å². The van der Waals surface area contributed by atoms with E-state index in [-0.39, 0.29) is 27.1 Å². The third kappa shape index (κ3) is 6.16. The van der Waals surface area contributed by atoms with Gasteiger partial charge in [-0.3, -0.25) is 14.4 Å². The monoisotopic (exact) mass is 572 g/mol. The quantitative estimate of drug-likeness (QED) is 0.248. The van der Waals surface area contributed by atoms with Gasteiger partial charge in [-0.15, -0.1) is 0 Å². The first kappa shape index (κ1) is 27.8. The molecule has 0 amide bonds. The fourth-order valence-electron chi connectivity index (χ4n) is 3.14. The van der Waals surface area contributed by atoms with Crippen LogP contribution >= 0.6 is 15.9 Å². The predicted molar refractivity (Wildman–Crippen MR) is 137 cm³/mol. The summed E-state index contributed by atoms with van der Waals surface area (Å²) in [5.41, 5.74) is -0.878. The van der Waals surface area contributed by atoms with Crippen molar-refractivity contribution in [1.29, 1.82) is 0 Å². The van der Waals surface area contributed by atoms with Crippen LogP contribution in [0.5, 0.6) is 0 Å². The van der Waals surface area contributed by atoms with E-state index >= 15 is 0 Å². The summed E-state index contributed by atoms with van der Waals surface area (Å²) < 4.78 is 33.5. The van der Waals surface area contributed by atoms with Crippen LogP contribution in [0.25, 0.3) is 21.8 Å². The molecule has 0 atom stereocenters. The maximum absolute atomic E-state index is 13.7. The fourth-order valence-corrected chi connectivity index (χ4v) is 3.57. The van der Waals surface area contributed by atoms with Crippen molar-refractivity contribution in [3.63, 3.8) is 0 Å². The fraction of sp³-hybridized carbons (Fsp3) is 0.250. The molecule has 4 rings (SSSR count). The Hall–Kier alpha value is -3.74. The largest absolute Gasteiger partial charge is 0.443 e. The maximum Gasteiger partial charge on any atom is 0.422 e. The zero-order valence-electron chi connectivity index (χ0n) is 20.2. The lowest BCUT2D eigenvalue weighted by atomic mass is 10.1. The van der Waals surface area contributed by atoms with Crippen molar-refractivity contribution >= 4 is 57.5 Å². The maximum atomic E-state index is 13.7. The number of ether oxygens (including phenoxy) is 1. The molecule has 2 aromatic carbocycles. The molecule has 2 aromatic heterocycles. The van der Waals surface area contributed by atoms with Crippen LogP contribution in [0, 0.1) is 18.6 Å². The summed E-state index contributed by atoms with van der Waals surface area (Å²) in [5, 5.41) is 0.592. The average molecular weight is 573 g/mol. The number of aromatic nitrogens is 4. The third-order valence-corrected chi connectivity index (χ3v) is 5.54. The van der Waals surface area contributed by atoms with Gasteiger partial charge in [0.2, 0.25) is 7.85 Å². The minimum absolute atomic E-state index is 0.166. The van der Waals surface area contributed by atoms with Gasteiger partial charge in [-0.05, 0) is 51.0 Å². The van der Waals surface area contributed by atoms with Crippen LogP contribution in [0.3, 0.4) is 0 Å². The molecule has 4 aromatic rings. The van der Waals surface area contributed by atoms with E-state index in [1.165, 1.54) is 25.1 Å². The zero-order chi connectivity index (χ0) is 27.7. The summed E-state index contributed by atoms with van der Waals surface area (Å²) in [6.07, 6.45) is 1.22. The minimum Gasteiger partial charge on any atom is -0.443 e. The molecule has 37 heavy (non-hydrogen) atoms. The lowest BCUT2D eigenvalue weighted by Gasteiger charge is -2.19. The van der Waals surface area contributed by atoms with Crippen LogP contribution < -0.4 is 11.1 Å². The second-order valence-electron chi connectivity index (χ2n) is 8.87. The Morgan fingerprint density at radius 1 is 0.946 bits per heavy atom. The van der Waals surface area contributed by atoms with Crippen molar-refractivity contribution in [2.75, 3.05) is 0 Å². The van der Waals surface area contributed by atoms with E-state index in [1.54, 1.807) is 20.8 Å². The molecule has 0 bridgehead atoms. The second kappa shape index (κ2) is 10.7. The molecule has 0 saturated carbocycles. The molecule has 9 nitrogen and oxygen atoms in total. The second-order valence-corrected chi connectivity index (χ2v) is 9.43. The van der Waals surface area contributed by atoms with E-state index in [1.807, 2.05) is 0 Å². The molecule has 0 N–H and O–H groups in total. The highest BCUT2D eigenvalue weighted by molar-refractivity contribution is 9.08. The lowest BCUT2D eigenvalue weighted by molar-refractivity contribution is 0.0530. The minimum atomic E-state index is -0.915. The number of carbonyl (C=O) groups excluding carboxylic acids is 2. The molecule has 2 radical (unpaired) electrons. The Labute approximate surface area is 218 Å². The van der Waals surface area contributed by atoms with E-state index in [0.29, 0.717) is 15.7 Å². The van der Waals surface area contributed by atoms with Crippen LogP contribution in [-0.2, 0) is 10.1 Å². The molecular weight excluding hydrogens is 553 g/mol. The molecule has 0 saturated heterocycles. The highest BCUT2D eigenvalue weighted by atomic mass is 79.9. The molecule has 0 unspecified atom stereocenters. The normalized spacial score (nSPS) is 11.2. The van der Waals surface area contributed by atoms with E-state index < -0.39 is 40.3 Å². The SMILES string of the molecule is CC(C)(C)OC(=O)n1cnc2cc(F)c(CBr)cc2c1=O.[B]C(=O)n1cnc2cc(F)c(C)cc2c1=O. The van der Waals surface area contributed by atoms with Crippen LogP contribution in [0.15, 0.2) is 46.5 Å². The highest BCUT2D eigenvalue weighted by Gasteiger charge is 2.20. The Morgan fingerprint density at radius 3 is 2.00 bits per heavy atom. The van der Waals surface area contributed by atoms with Gasteiger partial charge < -0.3 is 4.74 Å². The van der Waals surface area contributed by atoms with Gasteiger partial charge in [-0.2, -0.15) is 0 Å². The summed E-state index contributed by atoms with van der Waals surface area (Å²) in [5.74, 6) is -1.82. The van der Waals surface area contributed by atoms with Crippen molar-refractivity contribution in [2.24, 2.45) is 0 Å². The number of fused-ring (bicyclic) bond motifs is 2. The van der Waals surface area contributed by atoms with Crippen molar-refractivity contribution in [3.8, 4) is 0 Å². The van der Waals surface area contributed by atoms with Crippen LogP contribution in [-0.4, -0.2) is 44.4 Å². The van der Waals surface area contributed by atoms with Crippen molar-refractivity contribution in [2.45, 2.75) is 38.6 Å². The van der Waals surface area contributed by atoms with Gasteiger partial charge in [-0.25, -0.2) is 32.7 Å². The van der Waals surface area contributed by atoms with E-state index in [9.17, 15) is 28.0 Å². The lowest BCUT2D eigenvalue weighted by Crippen LogP contribution is -2.33.